The van der Waals surface area contributed by atoms with Crippen molar-refractivity contribution in [1.29, 1.82) is 0 Å². The molecule has 1 nitrogen and oxygen atoms in total. The van der Waals surface area contributed by atoms with Gasteiger partial charge in [-0.2, -0.15) is 0 Å². The first-order valence-corrected chi connectivity index (χ1v) is 9.48. The van der Waals surface area contributed by atoms with Crippen LogP contribution in [0.1, 0.15) is 99.3 Å². The van der Waals surface area contributed by atoms with Gasteiger partial charge in [0.1, 0.15) is 0 Å². The largest absolute Gasteiger partial charge is 0.312 e. The van der Waals surface area contributed by atoms with Gasteiger partial charge in [0, 0.05) is 5.54 Å². The monoisotopic (exact) mass is 295 g/mol. The molecule has 0 aliphatic heterocycles. The second-order valence-electron chi connectivity index (χ2n) is 9.26. The second kappa shape index (κ2) is 8.56. The van der Waals surface area contributed by atoms with Crippen molar-refractivity contribution in [1.82, 2.24) is 5.32 Å². The summed E-state index contributed by atoms with van der Waals surface area (Å²) in [6, 6.07) is 0. The molecule has 1 fully saturated rings. The fourth-order valence-corrected chi connectivity index (χ4v) is 3.84. The van der Waals surface area contributed by atoms with E-state index in [2.05, 4.69) is 46.9 Å². The van der Waals surface area contributed by atoms with Gasteiger partial charge in [0.05, 0.1) is 0 Å². The van der Waals surface area contributed by atoms with Crippen molar-refractivity contribution < 1.29 is 0 Å². The molecule has 0 aromatic heterocycles. The van der Waals surface area contributed by atoms with Crippen LogP contribution in [0.25, 0.3) is 0 Å². The maximum absolute atomic E-state index is 3.76. The van der Waals surface area contributed by atoms with Crippen LogP contribution in [0, 0.1) is 17.3 Å². The van der Waals surface area contributed by atoms with Crippen LogP contribution in [0.5, 0.6) is 0 Å². The molecule has 1 saturated carbocycles. The van der Waals surface area contributed by atoms with E-state index in [0.29, 0.717) is 5.41 Å². The highest BCUT2D eigenvalue weighted by atomic mass is 14.9. The molecule has 1 N–H and O–H groups in total. The highest BCUT2D eigenvalue weighted by Crippen LogP contribution is 2.43. The first kappa shape index (κ1) is 19.0. The van der Waals surface area contributed by atoms with E-state index in [0.717, 1.165) is 11.8 Å². The van der Waals surface area contributed by atoms with Crippen molar-refractivity contribution in [2.24, 2.45) is 17.3 Å². The molecule has 1 aliphatic rings. The van der Waals surface area contributed by atoms with E-state index < -0.39 is 0 Å². The summed E-state index contributed by atoms with van der Waals surface area (Å²) in [4.78, 5) is 0. The average molecular weight is 296 g/mol. The van der Waals surface area contributed by atoms with E-state index in [4.69, 9.17) is 0 Å². The molecule has 0 heterocycles. The van der Waals surface area contributed by atoms with Gasteiger partial charge in [-0.15, -0.1) is 0 Å². The highest BCUT2D eigenvalue weighted by Gasteiger charge is 2.34. The zero-order chi connectivity index (χ0) is 15.9. The number of rotatable bonds is 8. The van der Waals surface area contributed by atoms with Crippen LogP contribution in [0.15, 0.2) is 0 Å². The number of unbranched alkanes of at least 4 members (excludes halogenated alkanes) is 4. The van der Waals surface area contributed by atoms with Crippen molar-refractivity contribution in [3.05, 3.63) is 0 Å². The number of hydrogen-bond donors (Lipinski definition) is 1. The fourth-order valence-electron chi connectivity index (χ4n) is 3.84. The molecule has 2 unspecified atom stereocenters. The summed E-state index contributed by atoms with van der Waals surface area (Å²) in [6.07, 6.45) is 12.9. The predicted molar refractivity (Wildman–Crippen MR) is 95.7 cm³/mol. The lowest BCUT2D eigenvalue weighted by molar-refractivity contribution is 0.103. The van der Waals surface area contributed by atoms with Gasteiger partial charge in [0.15, 0.2) is 0 Å². The van der Waals surface area contributed by atoms with Crippen LogP contribution in [0.2, 0.25) is 0 Å². The van der Waals surface area contributed by atoms with Gasteiger partial charge < -0.3 is 5.32 Å². The Balaban J connectivity index is 2.42. The molecule has 1 rings (SSSR count). The van der Waals surface area contributed by atoms with E-state index in [9.17, 15) is 0 Å². The zero-order valence-corrected chi connectivity index (χ0v) is 15.7. The molecule has 0 saturated heterocycles. The van der Waals surface area contributed by atoms with Crippen LogP contribution in [0.3, 0.4) is 0 Å². The summed E-state index contributed by atoms with van der Waals surface area (Å²) in [5.74, 6) is 1.86. The summed E-state index contributed by atoms with van der Waals surface area (Å²) in [7, 11) is 0. The van der Waals surface area contributed by atoms with Gasteiger partial charge >= 0.3 is 0 Å². The molecular weight excluding hydrogens is 254 g/mol. The van der Waals surface area contributed by atoms with Crippen LogP contribution >= 0.6 is 0 Å². The third-order valence-electron chi connectivity index (χ3n) is 5.25. The third kappa shape index (κ3) is 8.24. The van der Waals surface area contributed by atoms with E-state index in [1.807, 2.05) is 0 Å². The molecule has 0 amide bonds. The van der Waals surface area contributed by atoms with E-state index >= 15 is 0 Å². The SMILES string of the molecule is CCCCCCCC1CC(C)(C)CCC1CNC(C)(C)C. The fraction of sp³-hybridized carbons (Fsp3) is 1.00. The lowest BCUT2D eigenvalue weighted by atomic mass is 9.65. The van der Waals surface area contributed by atoms with E-state index in [1.54, 1.807) is 0 Å². The minimum Gasteiger partial charge on any atom is -0.312 e. The molecule has 0 radical (unpaired) electrons. The molecule has 0 bridgehead atoms. The van der Waals surface area contributed by atoms with E-state index in [-0.39, 0.29) is 5.54 Å². The van der Waals surface area contributed by atoms with Crippen molar-refractivity contribution in [3.63, 3.8) is 0 Å². The molecule has 126 valence electrons. The summed E-state index contributed by atoms with van der Waals surface area (Å²) in [5, 5.41) is 3.76. The van der Waals surface area contributed by atoms with Crippen molar-refractivity contribution in [3.8, 4) is 0 Å². The topological polar surface area (TPSA) is 12.0 Å². The quantitative estimate of drug-likeness (QED) is 0.527. The normalized spacial score (nSPS) is 26.0. The molecule has 21 heavy (non-hydrogen) atoms. The van der Waals surface area contributed by atoms with Gasteiger partial charge in [-0.3, -0.25) is 0 Å². The highest BCUT2D eigenvalue weighted by molar-refractivity contribution is 4.87. The summed E-state index contributed by atoms with van der Waals surface area (Å²) < 4.78 is 0. The minimum absolute atomic E-state index is 0.263. The van der Waals surface area contributed by atoms with Gasteiger partial charge in [-0.1, -0.05) is 59.3 Å². The summed E-state index contributed by atoms with van der Waals surface area (Å²) in [5.41, 5.74) is 0.838. The Morgan fingerprint density at radius 2 is 1.67 bits per heavy atom. The lowest BCUT2D eigenvalue weighted by Gasteiger charge is -2.42. The maximum Gasteiger partial charge on any atom is 0.00966 e. The Morgan fingerprint density at radius 3 is 2.29 bits per heavy atom. The molecule has 1 aliphatic carbocycles. The first-order valence-electron chi connectivity index (χ1n) is 9.48. The Morgan fingerprint density at radius 1 is 1.00 bits per heavy atom. The van der Waals surface area contributed by atoms with Crippen molar-refractivity contribution in [2.75, 3.05) is 6.54 Å². The van der Waals surface area contributed by atoms with Crippen LogP contribution < -0.4 is 5.32 Å². The van der Waals surface area contributed by atoms with Gasteiger partial charge in [-0.25, -0.2) is 0 Å². The Kier molecular flexibility index (Phi) is 7.74. The standard InChI is InChI=1S/C20H41N/c1-7-8-9-10-11-12-17-15-20(5,6)14-13-18(17)16-21-19(2,3)4/h17-18,21H,7-16H2,1-6H3. The minimum atomic E-state index is 0.263. The summed E-state index contributed by atoms with van der Waals surface area (Å²) in [6.45, 7) is 15.4. The molecular formula is C20H41N. The average Bonchev–Trinajstić information content (AvgIpc) is 2.35. The molecule has 0 spiro atoms. The third-order valence-corrected chi connectivity index (χ3v) is 5.25. The molecule has 2 atom stereocenters. The lowest BCUT2D eigenvalue weighted by Crippen LogP contribution is -2.43. The molecule has 0 aromatic rings. The van der Waals surface area contributed by atoms with Crippen LogP contribution in [-0.2, 0) is 0 Å². The summed E-state index contributed by atoms with van der Waals surface area (Å²) >= 11 is 0. The number of nitrogens with one attached hydrogen (secondary N) is 1. The number of hydrogen-bond acceptors (Lipinski definition) is 1. The van der Waals surface area contributed by atoms with E-state index in [1.165, 1.54) is 64.3 Å². The predicted octanol–water partition coefficient (Wildman–Crippen LogP) is 6.18. The van der Waals surface area contributed by atoms with Crippen LogP contribution in [-0.4, -0.2) is 12.1 Å². The van der Waals surface area contributed by atoms with Crippen molar-refractivity contribution >= 4 is 0 Å². The van der Waals surface area contributed by atoms with Gasteiger partial charge in [-0.05, 0) is 63.8 Å². The Bertz CT molecular complexity index is 274. The maximum atomic E-state index is 3.76. The Hall–Kier alpha value is -0.0400. The molecule has 0 aromatic carbocycles. The molecule has 1 heteroatoms. The zero-order valence-electron chi connectivity index (χ0n) is 15.7. The first-order chi connectivity index (χ1) is 9.73. The second-order valence-corrected chi connectivity index (χ2v) is 9.26. The van der Waals surface area contributed by atoms with Gasteiger partial charge in [0.25, 0.3) is 0 Å². The smallest absolute Gasteiger partial charge is 0.00966 e. The Labute approximate surface area is 134 Å². The van der Waals surface area contributed by atoms with Crippen molar-refractivity contribution in [2.45, 2.75) is 105 Å². The van der Waals surface area contributed by atoms with Crippen LogP contribution in [0.4, 0.5) is 0 Å². The van der Waals surface area contributed by atoms with Gasteiger partial charge in [0.2, 0.25) is 0 Å².